The molecule has 4 aliphatic rings. The molecule has 0 radical (unpaired) electrons. The van der Waals surface area contributed by atoms with E-state index >= 15 is 0 Å². The third-order valence-electron chi connectivity index (χ3n) is 10.0. The lowest BCUT2D eigenvalue weighted by Crippen LogP contribution is -2.52. The average Bonchev–Trinajstić information content (AvgIpc) is 3.11. The summed E-state index contributed by atoms with van der Waals surface area (Å²) in [6, 6.07) is 0. The van der Waals surface area contributed by atoms with Crippen LogP contribution in [0.15, 0.2) is 11.6 Å². The van der Waals surface area contributed by atoms with Gasteiger partial charge < -0.3 is 9.47 Å². The van der Waals surface area contributed by atoms with Crippen molar-refractivity contribution in [2.75, 3.05) is 7.11 Å². The number of ether oxygens (including phenoxy) is 2. The van der Waals surface area contributed by atoms with Crippen molar-refractivity contribution >= 4 is 17.7 Å². The standard InChI is InChI=1S/C27H40O5/c1-16(6-11-25(30)31-5)21-9-10-22-20-8-7-18-14-19(32-17(2)28)12-13-26(18,3)23(20)15-24(29)27(21,22)4/h15-16,18-22H,6-14H2,1-5H3/t16-,18-,19+,20?,21?,22?,26+,27-/m1/s1. The first-order chi connectivity index (χ1) is 15.1. The molecule has 178 valence electrons. The Morgan fingerprint density at radius 1 is 1.16 bits per heavy atom. The van der Waals surface area contributed by atoms with Crippen LogP contribution in [0.2, 0.25) is 0 Å². The van der Waals surface area contributed by atoms with Crippen molar-refractivity contribution in [1.82, 2.24) is 0 Å². The molecule has 8 atom stereocenters. The number of carbonyl (C=O) groups is 3. The first-order valence-corrected chi connectivity index (χ1v) is 12.6. The Kier molecular flexibility index (Phi) is 6.32. The number of fused-ring (bicyclic) bond motifs is 5. The SMILES string of the molecule is COC(=O)CC[C@@H](C)C1CCC2C3CC[C@@H]4C[C@@H](OC(C)=O)CC[C@]4(C)C3=CC(=O)[C@@]21C. The van der Waals surface area contributed by atoms with Crippen molar-refractivity contribution in [3.05, 3.63) is 11.6 Å². The molecule has 0 amide bonds. The summed E-state index contributed by atoms with van der Waals surface area (Å²) in [5.41, 5.74) is 1.12. The number of methoxy groups -OCH3 is 1. The van der Waals surface area contributed by atoms with E-state index in [2.05, 4.69) is 20.8 Å². The molecule has 0 aromatic rings. The number of hydrogen-bond acceptors (Lipinski definition) is 5. The number of esters is 2. The lowest BCUT2D eigenvalue weighted by molar-refractivity contribution is -0.151. The van der Waals surface area contributed by atoms with Crippen molar-refractivity contribution in [2.24, 2.45) is 40.4 Å². The smallest absolute Gasteiger partial charge is 0.305 e. The Hall–Kier alpha value is -1.65. The minimum absolute atomic E-state index is 0.0267. The molecule has 4 rings (SSSR count). The Bertz CT molecular complexity index is 815. The fourth-order valence-corrected chi connectivity index (χ4v) is 8.21. The summed E-state index contributed by atoms with van der Waals surface area (Å²) in [4.78, 5) is 36.9. The van der Waals surface area contributed by atoms with Crippen molar-refractivity contribution in [3.63, 3.8) is 0 Å². The van der Waals surface area contributed by atoms with Crippen LogP contribution < -0.4 is 0 Å². The van der Waals surface area contributed by atoms with Crippen LogP contribution in [0, 0.1) is 40.4 Å². The van der Waals surface area contributed by atoms with Gasteiger partial charge in [0, 0.05) is 18.8 Å². The van der Waals surface area contributed by atoms with E-state index in [-0.39, 0.29) is 28.9 Å². The van der Waals surface area contributed by atoms with E-state index in [1.165, 1.54) is 19.6 Å². The fraction of sp³-hybridized carbons (Fsp3) is 0.815. The molecule has 0 aliphatic heterocycles. The van der Waals surface area contributed by atoms with Gasteiger partial charge in [-0.05, 0) is 92.4 Å². The topological polar surface area (TPSA) is 69.7 Å². The maximum absolute atomic E-state index is 13.8. The van der Waals surface area contributed by atoms with Crippen molar-refractivity contribution in [1.29, 1.82) is 0 Å². The maximum atomic E-state index is 13.8. The molecule has 0 bridgehead atoms. The van der Waals surface area contributed by atoms with Gasteiger partial charge in [0.2, 0.25) is 0 Å². The van der Waals surface area contributed by atoms with Gasteiger partial charge in [-0.1, -0.05) is 26.3 Å². The van der Waals surface area contributed by atoms with Gasteiger partial charge in [0.1, 0.15) is 6.10 Å². The normalized spacial score (nSPS) is 41.6. The first kappa shape index (κ1) is 23.5. The van der Waals surface area contributed by atoms with Gasteiger partial charge in [0.15, 0.2) is 5.78 Å². The summed E-state index contributed by atoms with van der Waals surface area (Å²) in [5.74, 6) is 1.99. The Balaban J connectivity index is 1.56. The molecule has 0 spiro atoms. The summed E-state index contributed by atoms with van der Waals surface area (Å²) >= 11 is 0. The molecule has 32 heavy (non-hydrogen) atoms. The molecule has 0 aromatic heterocycles. The zero-order valence-corrected chi connectivity index (χ0v) is 20.4. The van der Waals surface area contributed by atoms with Crippen LogP contribution in [-0.4, -0.2) is 30.9 Å². The summed E-state index contributed by atoms with van der Waals surface area (Å²) in [6.45, 7) is 8.28. The quantitative estimate of drug-likeness (QED) is 0.541. The van der Waals surface area contributed by atoms with Gasteiger partial charge in [-0.15, -0.1) is 0 Å². The highest BCUT2D eigenvalue weighted by molar-refractivity contribution is 5.97. The van der Waals surface area contributed by atoms with Crippen LogP contribution in [0.4, 0.5) is 0 Å². The largest absolute Gasteiger partial charge is 0.469 e. The number of allylic oxidation sites excluding steroid dienone is 2. The fourth-order valence-electron chi connectivity index (χ4n) is 8.21. The van der Waals surface area contributed by atoms with Crippen molar-refractivity contribution < 1.29 is 23.9 Å². The van der Waals surface area contributed by atoms with E-state index in [1.54, 1.807) is 0 Å². The van der Waals surface area contributed by atoms with Gasteiger partial charge in [-0.25, -0.2) is 0 Å². The molecule has 3 saturated carbocycles. The monoisotopic (exact) mass is 444 g/mol. The minimum Gasteiger partial charge on any atom is -0.469 e. The molecule has 0 N–H and O–H groups in total. The van der Waals surface area contributed by atoms with Crippen LogP contribution in [0.25, 0.3) is 0 Å². The summed E-state index contributed by atoms with van der Waals surface area (Å²) in [6.07, 6.45) is 10.5. The van der Waals surface area contributed by atoms with Gasteiger partial charge in [-0.3, -0.25) is 14.4 Å². The van der Waals surface area contributed by atoms with E-state index in [0.29, 0.717) is 41.8 Å². The minimum atomic E-state index is -0.318. The Morgan fingerprint density at radius 2 is 1.91 bits per heavy atom. The van der Waals surface area contributed by atoms with E-state index < -0.39 is 0 Å². The highest BCUT2D eigenvalue weighted by Gasteiger charge is 2.61. The van der Waals surface area contributed by atoms with E-state index in [0.717, 1.165) is 51.4 Å². The Labute approximate surface area is 192 Å². The number of rotatable bonds is 5. The van der Waals surface area contributed by atoms with Crippen molar-refractivity contribution in [3.8, 4) is 0 Å². The highest BCUT2D eigenvalue weighted by atomic mass is 16.5. The predicted octanol–water partition coefficient (Wildman–Crippen LogP) is 5.27. The highest BCUT2D eigenvalue weighted by Crippen LogP contribution is 2.65. The lowest BCUT2D eigenvalue weighted by Gasteiger charge is -2.56. The number of ketones is 1. The molecular formula is C27H40O5. The third kappa shape index (κ3) is 3.74. The van der Waals surface area contributed by atoms with Crippen LogP contribution in [0.5, 0.6) is 0 Å². The van der Waals surface area contributed by atoms with E-state index in [1.807, 2.05) is 6.08 Å². The van der Waals surface area contributed by atoms with E-state index in [4.69, 9.17) is 9.47 Å². The van der Waals surface area contributed by atoms with Crippen LogP contribution in [0.3, 0.4) is 0 Å². The third-order valence-corrected chi connectivity index (χ3v) is 10.0. The van der Waals surface area contributed by atoms with Crippen LogP contribution in [-0.2, 0) is 23.9 Å². The molecular weight excluding hydrogens is 404 g/mol. The van der Waals surface area contributed by atoms with Crippen molar-refractivity contribution in [2.45, 2.75) is 91.6 Å². The first-order valence-electron chi connectivity index (χ1n) is 12.6. The summed E-state index contributed by atoms with van der Waals surface area (Å²) in [5, 5.41) is 0. The Morgan fingerprint density at radius 3 is 2.59 bits per heavy atom. The lowest BCUT2D eigenvalue weighted by atomic mass is 9.48. The average molecular weight is 445 g/mol. The molecule has 3 fully saturated rings. The summed E-state index contributed by atoms with van der Waals surface area (Å²) in [7, 11) is 1.44. The molecule has 0 heterocycles. The zero-order chi connectivity index (χ0) is 23.3. The second-order valence-electron chi connectivity index (χ2n) is 11.4. The maximum Gasteiger partial charge on any atom is 0.305 e. The van der Waals surface area contributed by atoms with Gasteiger partial charge in [-0.2, -0.15) is 0 Å². The van der Waals surface area contributed by atoms with Gasteiger partial charge >= 0.3 is 11.9 Å². The second kappa shape index (κ2) is 8.61. The van der Waals surface area contributed by atoms with Gasteiger partial charge in [0.05, 0.1) is 7.11 Å². The number of hydrogen-bond donors (Lipinski definition) is 0. The van der Waals surface area contributed by atoms with Crippen LogP contribution >= 0.6 is 0 Å². The molecule has 5 nitrogen and oxygen atoms in total. The molecule has 4 aliphatic carbocycles. The molecule has 0 aromatic carbocycles. The number of carbonyl (C=O) groups excluding carboxylic acids is 3. The molecule has 3 unspecified atom stereocenters. The second-order valence-corrected chi connectivity index (χ2v) is 11.4. The van der Waals surface area contributed by atoms with E-state index in [9.17, 15) is 14.4 Å². The summed E-state index contributed by atoms with van der Waals surface area (Å²) < 4.78 is 10.4. The molecule has 0 saturated heterocycles. The van der Waals surface area contributed by atoms with Gasteiger partial charge in [0.25, 0.3) is 0 Å². The zero-order valence-electron chi connectivity index (χ0n) is 20.4. The van der Waals surface area contributed by atoms with Crippen LogP contribution in [0.1, 0.15) is 85.5 Å². The predicted molar refractivity (Wildman–Crippen MR) is 122 cm³/mol. The molecule has 5 heteroatoms.